The van der Waals surface area contributed by atoms with Gasteiger partial charge in [-0.2, -0.15) is 0 Å². The highest BCUT2D eigenvalue weighted by Crippen LogP contribution is 2.15. The largest absolute Gasteiger partial charge is 0.383 e. The molecule has 0 saturated carbocycles. The SMILES string of the molecule is CCNc1cc(NC(COC)C(C)C)nc(COCC)n1. The molecule has 6 nitrogen and oxygen atoms in total. The van der Waals surface area contributed by atoms with E-state index >= 15 is 0 Å². The second-order valence-corrected chi connectivity index (χ2v) is 5.17. The van der Waals surface area contributed by atoms with Gasteiger partial charge in [-0.3, -0.25) is 0 Å². The molecule has 0 aromatic carbocycles. The maximum Gasteiger partial charge on any atom is 0.158 e. The van der Waals surface area contributed by atoms with Gasteiger partial charge in [-0.15, -0.1) is 0 Å². The molecule has 0 aliphatic heterocycles. The Labute approximate surface area is 127 Å². The van der Waals surface area contributed by atoms with E-state index in [2.05, 4.69) is 34.4 Å². The molecule has 6 heteroatoms. The summed E-state index contributed by atoms with van der Waals surface area (Å²) in [6, 6.07) is 2.13. The summed E-state index contributed by atoms with van der Waals surface area (Å²) in [6.45, 7) is 10.8. The van der Waals surface area contributed by atoms with Crippen LogP contribution in [-0.4, -0.2) is 42.9 Å². The molecule has 1 unspecified atom stereocenters. The minimum absolute atomic E-state index is 0.208. The predicted molar refractivity (Wildman–Crippen MR) is 85.7 cm³/mol. The smallest absolute Gasteiger partial charge is 0.158 e. The van der Waals surface area contributed by atoms with E-state index in [1.165, 1.54) is 0 Å². The number of nitrogens with one attached hydrogen (secondary N) is 2. The summed E-state index contributed by atoms with van der Waals surface area (Å²) in [7, 11) is 1.71. The molecule has 1 aromatic rings. The van der Waals surface area contributed by atoms with Crippen molar-refractivity contribution in [3.63, 3.8) is 0 Å². The fourth-order valence-electron chi connectivity index (χ4n) is 1.87. The molecule has 120 valence electrons. The summed E-state index contributed by atoms with van der Waals surface area (Å²) in [5.74, 6) is 2.73. The van der Waals surface area contributed by atoms with E-state index < -0.39 is 0 Å². The maximum atomic E-state index is 5.40. The van der Waals surface area contributed by atoms with Crippen LogP contribution in [0, 0.1) is 5.92 Å². The maximum absolute atomic E-state index is 5.40. The van der Waals surface area contributed by atoms with Crippen molar-refractivity contribution in [2.24, 2.45) is 5.92 Å². The molecule has 1 heterocycles. The van der Waals surface area contributed by atoms with Gasteiger partial charge in [0.15, 0.2) is 5.82 Å². The van der Waals surface area contributed by atoms with Crippen LogP contribution in [0.25, 0.3) is 0 Å². The Bertz CT molecular complexity index is 413. The van der Waals surface area contributed by atoms with Crippen LogP contribution in [0.2, 0.25) is 0 Å². The summed E-state index contributed by atoms with van der Waals surface area (Å²) in [6.07, 6.45) is 0. The average molecular weight is 296 g/mol. The van der Waals surface area contributed by atoms with Gasteiger partial charge >= 0.3 is 0 Å². The van der Waals surface area contributed by atoms with E-state index in [4.69, 9.17) is 9.47 Å². The summed E-state index contributed by atoms with van der Waals surface area (Å²) in [4.78, 5) is 8.96. The number of methoxy groups -OCH3 is 1. The van der Waals surface area contributed by atoms with Crippen LogP contribution in [0.15, 0.2) is 6.07 Å². The topological polar surface area (TPSA) is 68.3 Å². The average Bonchev–Trinajstić information content (AvgIpc) is 2.45. The van der Waals surface area contributed by atoms with E-state index in [1.54, 1.807) is 7.11 Å². The molecule has 1 atom stereocenters. The normalized spacial score (nSPS) is 12.5. The van der Waals surface area contributed by atoms with E-state index in [9.17, 15) is 0 Å². The van der Waals surface area contributed by atoms with Crippen LogP contribution < -0.4 is 10.6 Å². The van der Waals surface area contributed by atoms with Crippen molar-refractivity contribution in [3.05, 3.63) is 11.9 Å². The van der Waals surface area contributed by atoms with Crippen molar-refractivity contribution in [2.75, 3.05) is 37.5 Å². The number of anilines is 2. The monoisotopic (exact) mass is 296 g/mol. The van der Waals surface area contributed by atoms with Crippen LogP contribution in [0.4, 0.5) is 11.6 Å². The predicted octanol–water partition coefficient (Wildman–Crippen LogP) is 2.53. The number of nitrogens with zero attached hydrogens (tertiary/aromatic N) is 2. The van der Waals surface area contributed by atoms with E-state index in [-0.39, 0.29) is 6.04 Å². The van der Waals surface area contributed by atoms with Crippen molar-refractivity contribution in [1.29, 1.82) is 0 Å². The Balaban J connectivity index is 2.89. The highest BCUT2D eigenvalue weighted by molar-refractivity contribution is 5.48. The van der Waals surface area contributed by atoms with Gasteiger partial charge in [-0.05, 0) is 19.8 Å². The Kier molecular flexibility index (Phi) is 8.00. The lowest BCUT2D eigenvalue weighted by Crippen LogP contribution is -2.31. The Hall–Kier alpha value is -1.40. The summed E-state index contributed by atoms with van der Waals surface area (Å²) >= 11 is 0. The van der Waals surface area contributed by atoms with Gasteiger partial charge in [-0.1, -0.05) is 13.8 Å². The molecular weight excluding hydrogens is 268 g/mol. The number of aromatic nitrogens is 2. The Morgan fingerprint density at radius 2 is 1.90 bits per heavy atom. The van der Waals surface area contributed by atoms with Gasteiger partial charge in [0.2, 0.25) is 0 Å². The van der Waals surface area contributed by atoms with Gasteiger partial charge in [0.25, 0.3) is 0 Å². The van der Waals surface area contributed by atoms with E-state index in [1.807, 2.05) is 19.9 Å². The first-order chi connectivity index (χ1) is 10.1. The molecule has 0 bridgehead atoms. The van der Waals surface area contributed by atoms with Crippen LogP contribution in [0.3, 0.4) is 0 Å². The Morgan fingerprint density at radius 3 is 2.48 bits per heavy atom. The third-order valence-corrected chi connectivity index (χ3v) is 3.05. The number of hydrogen-bond donors (Lipinski definition) is 2. The third kappa shape index (κ3) is 6.27. The van der Waals surface area contributed by atoms with Crippen molar-refractivity contribution in [2.45, 2.75) is 40.3 Å². The first-order valence-corrected chi connectivity index (χ1v) is 7.55. The second kappa shape index (κ2) is 9.52. The molecule has 2 N–H and O–H groups in total. The van der Waals surface area contributed by atoms with Gasteiger partial charge in [0, 0.05) is 26.3 Å². The van der Waals surface area contributed by atoms with E-state index in [0.717, 1.165) is 18.2 Å². The molecule has 0 amide bonds. The third-order valence-electron chi connectivity index (χ3n) is 3.05. The second-order valence-electron chi connectivity index (χ2n) is 5.17. The summed E-state index contributed by atoms with van der Waals surface area (Å²) in [5, 5.41) is 6.64. The molecule has 0 saturated heterocycles. The molecular formula is C15H28N4O2. The van der Waals surface area contributed by atoms with Crippen molar-refractivity contribution in [3.8, 4) is 0 Å². The first-order valence-electron chi connectivity index (χ1n) is 7.55. The van der Waals surface area contributed by atoms with Crippen LogP contribution >= 0.6 is 0 Å². The zero-order valence-electron chi connectivity index (χ0n) is 13.8. The lowest BCUT2D eigenvalue weighted by atomic mass is 10.1. The standard InChI is InChI=1S/C15H28N4O2/c1-6-16-13-8-14(17-12(9-20-5)11(3)4)19-15(18-13)10-21-7-2/h8,11-12H,6-7,9-10H2,1-5H3,(H2,16,17,18,19). The molecule has 0 radical (unpaired) electrons. The molecule has 1 aromatic heterocycles. The lowest BCUT2D eigenvalue weighted by Gasteiger charge is -2.22. The number of hydrogen-bond acceptors (Lipinski definition) is 6. The minimum atomic E-state index is 0.208. The molecule has 21 heavy (non-hydrogen) atoms. The highest BCUT2D eigenvalue weighted by atomic mass is 16.5. The molecule has 0 aliphatic carbocycles. The van der Waals surface area contributed by atoms with Crippen molar-refractivity contribution in [1.82, 2.24) is 9.97 Å². The molecule has 1 rings (SSSR count). The fourth-order valence-corrected chi connectivity index (χ4v) is 1.87. The lowest BCUT2D eigenvalue weighted by molar-refractivity contribution is 0.128. The quantitative estimate of drug-likeness (QED) is 0.691. The van der Waals surface area contributed by atoms with Gasteiger partial charge < -0.3 is 20.1 Å². The van der Waals surface area contributed by atoms with Gasteiger partial charge in [-0.25, -0.2) is 9.97 Å². The zero-order chi connectivity index (χ0) is 15.7. The summed E-state index contributed by atoms with van der Waals surface area (Å²) in [5.41, 5.74) is 0. The number of rotatable bonds is 10. The number of ether oxygens (including phenoxy) is 2. The molecule has 0 fully saturated rings. The molecule has 0 spiro atoms. The van der Waals surface area contributed by atoms with Crippen molar-refractivity contribution >= 4 is 11.6 Å². The summed E-state index contributed by atoms with van der Waals surface area (Å²) < 4.78 is 10.7. The first kappa shape index (κ1) is 17.7. The Morgan fingerprint density at radius 1 is 1.19 bits per heavy atom. The van der Waals surface area contributed by atoms with E-state index in [0.29, 0.717) is 31.6 Å². The minimum Gasteiger partial charge on any atom is -0.383 e. The van der Waals surface area contributed by atoms with Crippen LogP contribution in [0.1, 0.15) is 33.5 Å². The van der Waals surface area contributed by atoms with Crippen molar-refractivity contribution < 1.29 is 9.47 Å². The highest BCUT2D eigenvalue weighted by Gasteiger charge is 2.14. The van der Waals surface area contributed by atoms with Crippen LogP contribution in [0.5, 0.6) is 0 Å². The zero-order valence-corrected chi connectivity index (χ0v) is 13.8. The fraction of sp³-hybridized carbons (Fsp3) is 0.733. The van der Waals surface area contributed by atoms with Gasteiger partial charge in [0.1, 0.15) is 18.2 Å². The molecule has 0 aliphatic rings. The van der Waals surface area contributed by atoms with Gasteiger partial charge in [0.05, 0.1) is 12.6 Å². The van der Waals surface area contributed by atoms with Crippen LogP contribution in [-0.2, 0) is 16.1 Å².